The number of nitrogen functional groups attached to an aromatic ring is 1. The van der Waals surface area contributed by atoms with E-state index >= 15 is 0 Å². The van der Waals surface area contributed by atoms with E-state index in [4.69, 9.17) is 10.6 Å². The minimum Gasteiger partial charge on any atom is -0.492 e. The van der Waals surface area contributed by atoms with E-state index in [-0.39, 0.29) is 5.91 Å². The summed E-state index contributed by atoms with van der Waals surface area (Å²) in [6.45, 7) is 4.35. The summed E-state index contributed by atoms with van der Waals surface area (Å²) >= 11 is 0. The van der Waals surface area contributed by atoms with Crippen LogP contribution in [-0.2, 0) is 0 Å². The van der Waals surface area contributed by atoms with Crippen LogP contribution in [0.2, 0.25) is 0 Å². The third-order valence-corrected chi connectivity index (χ3v) is 3.01. The van der Waals surface area contributed by atoms with Crippen LogP contribution in [0.1, 0.15) is 22.8 Å². The Kier molecular flexibility index (Phi) is 4.79. The Morgan fingerprint density at radius 3 is 2.67 bits per heavy atom. The highest BCUT2D eigenvalue weighted by molar-refractivity contribution is 6.08. The lowest BCUT2D eigenvalue weighted by molar-refractivity contribution is 0.102. The molecular weight excluding hydrogens is 266 g/mol. The van der Waals surface area contributed by atoms with Gasteiger partial charge in [-0.2, -0.15) is 0 Å². The molecule has 0 radical (unpaired) electrons. The Hall–Kier alpha value is -2.53. The standard InChI is InChI=1S/C16H19N3O2/c1-3-21-15-7-5-4-6-14(15)18-16(20)12-10-11(2)8-9-13(12)19-17/h4-10,19H,3,17H2,1-2H3,(H,18,20). The molecule has 110 valence electrons. The van der Waals surface area contributed by atoms with Gasteiger partial charge in [-0.1, -0.05) is 23.8 Å². The molecule has 0 fully saturated rings. The first kappa shape index (κ1) is 14.9. The first-order valence-corrected chi connectivity index (χ1v) is 6.76. The lowest BCUT2D eigenvalue weighted by atomic mass is 10.1. The van der Waals surface area contributed by atoms with Crippen molar-refractivity contribution in [3.8, 4) is 5.75 Å². The molecule has 2 aromatic carbocycles. The van der Waals surface area contributed by atoms with Crippen molar-refractivity contribution < 1.29 is 9.53 Å². The average molecular weight is 285 g/mol. The molecule has 0 spiro atoms. The van der Waals surface area contributed by atoms with Gasteiger partial charge in [0.25, 0.3) is 5.91 Å². The number of hydrogen-bond acceptors (Lipinski definition) is 4. The van der Waals surface area contributed by atoms with Gasteiger partial charge in [-0.15, -0.1) is 0 Å². The van der Waals surface area contributed by atoms with Crippen molar-refractivity contribution in [2.45, 2.75) is 13.8 Å². The first-order valence-electron chi connectivity index (χ1n) is 6.76. The predicted molar refractivity (Wildman–Crippen MR) is 84.6 cm³/mol. The Bertz CT molecular complexity index is 641. The number of benzene rings is 2. The number of aryl methyl sites for hydroxylation is 1. The van der Waals surface area contributed by atoms with Crippen LogP contribution >= 0.6 is 0 Å². The molecule has 0 aliphatic carbocycles. The lowest BCUT2D eigenvalue weighted by Crippen LogP contribution is -2.18. The second kappa shape index (κ2) is 6.76. The monoisotopic (exact) mass is 285 g/mol. The zero-order chi connectivity index (χ0) is 15.2. The molecule has 0 unspecified atom stereocenters. The third kappa shape index (κ3) is 3.52. The van der Waals surface area contributed by atoms with Gasteiger partial charge in [0.15, 0.2) is 0 Å². The molecule has 5 nitrogen and oxygen atoms in total. The van der Waals surface area contributed by atoms with Crippen molar-refractivity contribution in [3.63, 3.8) is 0 Å². The molecule has 0 aromatic heterocycles. The SMILES string of the molecule is CCOc1ccccc1NC(=O)c1cc(C)ccc1NN. The molecule has 0 heterocycles. The van der Waals surface area contributed by atoms with Gasteiger partial charge in [-0.25, -0.2) is 0 Å². The van der Waals surface area contributed by atoms with Crippen molar-refractivity contribution in [3.05, 3.63) is 53.6 Å². The molecule has 0 atom stereocenters. The van der Waals surface area contributed by atoms with Crippen LogP contribution in [0.25, 0.3) is 0 Å². The highest BCUT2D eigenvalue weighted by Gasteiger charge is 2.13. The second-order valence-electron chi connectivity index (χ2n) is 4.58. The van der Waals surface area contributed by atoms with Crippen LogP contribution in [0.15, 0.2) is 42.5 Å². The fraction of sp³-hybridized carbons (Fsp3) is 0.188. The number of nitrogens with one attached hydrogen (secondary N) is 2. The van der Waals surface area contributed by atoms with E-state index in [9.17, 15) is 4.79 Å². The average Bonchev–Trinajstić information content (AvgIpc) is 2.49. The number of ether oxygens (including phenoxy) is 1. The fourth-order valence-corrected chi connectivity index (χ4v) is 2.01. The van der Waals surface area contributed by atoms with Crippen LogP contribution in [0, 0.1) is 6.92 Å². The molecular formula is C16H19N3O2. The van der Waals surface area contributed by atoms with E-state index in [1.165, 1.54) is 0 Å². The summed E-state index contributed by atoms with van der Waals surface area (Å²) in [4.78, 5) is 12.4. The molecule has 0 bridgehead atoms. The number of nitrogens with two attached hydrogens (primary N) is 1. The molecule has 0 saturated heterocycles. The summed E-state index contributed by atoms with van der Waals surface area (Å²) in [7, 11) is 0. The lowest BCUT2D eigenvalue weighted by Gasteiger charge is -2.13. The van der Waals surface area contributed by atoms with Gasteiger partial charge in [0, 0.05) is 0 Å². The summed E-state index contributed by atoms with van der Waals surface area (Å²) in [5, 5.41) is 2.85. The Morgan fingerprint density at radius 1 is 1.19 bits per heavy atom. The van der Waals surface area contributed by atoms with Gasteiger partial charge in [0.2, 0.25) is 0 Å². The molecule has 4 N–H and O–H groups in total. The number of hydrazine groups is 1. The highest BCUT2D eigenvalue weighted by Crippen LogP contribution is 2.25. The van der Waals surface area contributed by atoms with Gasteiger partial charge in [0.1, 0.15) is 5.75 Å². The van der Waals surface area contributed by atoms with Crippen molar-refractivity contribution in [1.82, 2.24) is 0 Å². The Labute approximate surface area is 124 Å². The molecule has 1 amide bonds. The number of anilines is 2. The number of hydrogen-bond donors (Lipinski definition) is 3. The number of rotatable bonds is 5. The fourth-order valence-electron chi connectivity index (χ4n) is 2.01. The van der Waals surface area contributed by atoms with Crippen molar-refractivity contribution in [1.29, 1.82) is 0 Å². The maximum Gasteiger partial charge on any atom is 0.257 e. The minimum absolute atomic E-state index is 0.237. The van der Waals surface area contributed by atoms with Crippen LogP contribution in [0.4, 0.5) is 11.4 Å². The van der Waals surface area contributed by atoms with Crippen LogP contribution in [-0.4, -0.2) is 12.5 Å². The molecule has 0 saturated carbocycles. The normalized spacial score (nSPS) is 10.0. The van der Waals surface area contributed by atoms with Gasteiger partial charge in [-0.3, -0.25) is 10.6 Å². The van der Waals surface area contributed by atoms with E-state index < -0.39 is 0 Å². The molecule has 2 aromatic rings. The smallest absolute Gasteiger partial charge is 0.257 e. The number of amides is 1. The maximum absolute atomic E-state index is 12.4. The quantitative estimate of drug-likeness (QED) is 0.583. The zero-order valence-electron chi connectivity index (χ0n) is 12.1. The van der Waals surface area contributed by atoms with E-state index in [0.717, 1.165) is 5.56 Å². The van der Waals surface area contributed by atoms with Gasteiger partial charge in [-0.05, 0) is 38.1 Å². The topological polar surface area (TPSA) is 76.4 Å². The van der Waals surface area contributed by atoms with E-state index in [2.05, 4.69) is 10.7 Å². The van der Waals surface area contributed by atoms with Gasteiger partial charge in [0.05, 0.1) is 23.5 Å². The van der Waals surface area contributed by atoms with Crippen LogP contribution in [0.5, 0.6) is 5.75 Å². The zero-order valence-corrected chi connectivity index (χ0v) is 12.1. The van der Waals surface area contributed by atoms with Crippen molar-refractivity contribution >= 4 is 17.3 Å². The molecule has 0 aliphatic heterocycles. The molecule has 2 rings (SSSR count). The highest BCUT2D eigenvalue weighted by atomic mass is 16.5. The number of carbonyl (C=O) groups is 1. The Balaban J connectivity index is 2.28. The summed E-state index contributed by atoms with van der Waals surface area (Å²) in [5.41, 5.74) is 5.22. The number of carbonyl (C=O) groups excluding carboxylic acids is 1. The maximum atomic E-state index is 12.4. The van der Waals surface area contributed by atoms with E-state index in [0.29, 0.717) is 29.3 Å². The first-order chi connectivity index (χ1) is 10.2. The van der Waals surface area contributed by atoms with Gasteiger partial charge < -0.3 is 15.5 Å². The predicted octanol–water partition coefficient (Wildman–Crippen LogP) is 2.93. The summed E-state index contributed by atoms with van der Waals surface area (Å²) in [6.07, 6.45) is 0. The summed E-state index contributed by atoms with van der Waals surface area (Å²) in [5.74, 6) is 5.86. The summed E-state index contributed by atoms with van der Waals surface area (Å²) in [6, 6.07) is 12.8. The van der Waals surface area contributed by atoms with E-state index in [1.807, 2.05) is 38.1 Å². The minimum atomic E-state index is -0.237. The molecule has 0 aliphatic rings. The van der Waals surface area contributed by atoms with Gasteiger partial charge >= 0.3 is 0 Å². The second-order valence-corrected chi connectivity index (χ2v) is 4.58. The Morgan fingerprint density at radius 2 is 1.95 bits per heavy atom. The van der Waals surface area contributed by atoms with Crippen molar-refractivity contribution in [2.24, 2.45) is 5.84 Å². The third-order valence-electron chi connectivity index (χ3n) is 3.01. The number of para-hydroxylation sites is 2. The van der Waals surface area contributed by atoms with Crippen LogP contribution in [0.3, 0.4) is 0 Å². The largest absolute Gasteiger partial charge is 0.492 e. The molecule has 21 heavy (non-hydrogen) atoms. The molecule has 5 heteroatoms. The summed E-state index contributed by atoms with van der Waals surface area (Å²) < 4.78 is 5.50. The van der Waals surface area contributed by atoms with E-state index in [1.54, 1.807) is 18.2 Å². The van der Waals surface area contributed by atoms with Crippen molar-refractivity contribution in [2.75, 3.05) is 17.3 Å². The van der Waals surface area contributed by atoms with Crippen LogP contribution < -0.4 is 21.3 Å².